The first kappa shape index (κ1) is 27.3. The van der Waals surface area contributed by atoms with Crippen LogP contribution in [0.2, 0.25) is 0 Å². The number of nitrogens with two attached hydrogens (primary N) is 2. The molecule has 6 heteroatoms. The molecule has 4 N–H and O–H groups in total. The van der Waals surface area contributed by atoms with E-state index in [0.29, 0.717) is 19.6 Å². The fourth-order valence-electron chi connectivity index (χ4n) is 3.44. The van der Waals surface area contributed by atoms with E-state index in [2.05, 4.69) is 13.8 Å². The number of rotatable bonds is 12. The third-order valence-corrected chi connectivity index (χ3v) is 4.81. The fraction of sp³-hybridized carbons (Fsp3) is 0.955. The van der Waals surface area contributed by atoms with Gasteiger partial charge in [0.15, 0.2) is 0 Å². The van der Waals surface area contributed by atoms with Crippen LogP contribution in [-0.4, -0.2) is 58.9 Å². The second kappa shape index (κ2) is 9.41. The lowest BCUT2D eigenvalue weighted by molar-refractivity contribution is -0.145. The average molecular weight is 402 g/mol. The lowest BCUT2D eigenvalue weighted by atomic mass is 9.84. The Labute approximate surface area is 173 Å². The lowest BCUT2D eigenvalue weighted by Crippen LogP contribution is -2.59. The third kappa shape index (κ3) is 11.3. The maximum Gasteiger partial charge on any atom is 0.225 e. The second-order valence-corrected chi connectivity index (χ2v) is 11.4. The number of carbonyl (C=O) groups is 1. The van der Waals surface area contributed by atoms with Crippen molar-refractivity contribution in [3.05, 3.63) is 0 Å². The summed E-state index contributed by atoms with van der Waals surface area (Å²) in [5, 5.41) is 0. The van der Waals surface area contributed by atoms with Crippen molar-refractivity contribution in [2.75, 3.05) is 20.3 Å². The molecule has 0 aromatic rings. The van der Waals surface area contributed by atoms with Gasteiger partial charge >= 0.3 is 0 Å². The molecule has 0 bridgehead atoms. The standard InChI is InChI=1S/C22H47N3O3/c1-18(2,23)15-20(5,6)25(16-19(3,4)24)17(26)14-22(9,10)28-13-12-21(7,8)27-11/h12-16,23-24H2,1-11H3. The van der Waals surface area contributed by atoms with Crippen molar-refractivity contribution in [1.82, 2.24) is 4.90 Å². The van der Waals surface area contributed by atoms with E-state index in [0.717, 1.165) is 6.42 Å². The Kier molecular flexibility index (Phi) is 9.18. The summed E-state index contributed by atoms with van der Waals surface area (Å²) < 4.78 is 11.5. The van der Waals surface area contributed by atoms with Crippen LogP contribution >= 0.6 is 0 Å². The number of nitrogens with zero attached hydrogens (tertiary/aromatic N) is 1. The zero-order valence-corrected chi connectivity index (χ0v) is 20.4. The summed E-state index contributed by atoms with van der Waals surface area (Å²) in [7, 11) is 1.70. The molecular weight excluding hydrogens is 354 g/mol. The first-order chi connectivity index (χ1) is 12.2. The van der Waals surface area contributed by atoms with Crippen molar-refractivity contribution in [1.29, 1.82) is 0 Å². The Morgan fingerprint density at radius 3 is 1.75 bits per heavy atom. The molecule has 28 heavy (non-hydrogen) atoms. The molecule has 0 aromatic heterocycles. The quantitative estimate of drug-likeness (QED) is 0.522. The molecule has 0 aliphatic rings. The molecular formula is C22H47N3O3. The highest BCUT2D eigenvalue weighted by Gasteiger charge is 2.39. The van der Waals surface area contributed by atoms with Gasteiger partial charge in [-0.2, -0.15) is 0 Å². The Hall–Kier alpha value is -0.690. The molecule has 0 aliphatic heterocycles. The maximum atomic E-state index is 13.3. The summed E-state index contributed by atoms with van der Waals surface area (Å²) in [6.07, 6.45) is 1.71. The number of hydrogen-bond acceptors (Lipinski definition) is 5. The Morgan fingerprint density at radius 2 is 1.36 bits per heavy atom. The molecule has 0 saturated heterocycles. The maximum absolute atomic E-state index is 13.3. The Morgan fingerprint density at radius 1 is 0.857 bits per heavy atom. The molecule has 0 heterocycles. The van der Waals surface area contributed by atoms with Crippen molar-refractivity contribution < 1.29 is 14.3 Å². The molecule has 0 atom stereocenters. The number of methoxy groups -OCH3 is 1. The highest BCUT2D eigenvalue weighted by molar-refractivity contribution is 5.78. The van der Waals surface area contributed by atoms with Gasteiger partial charge in [0.05, 0.1) is 24.2 Å². The molecule has 0 radical (unpaired) electrons. The zero-order chi connectivity index (χ0) is 22.6. The predicted octanol–water partition coefficient (Wildman–Crippen LogP) is 3.46. The molecule has 0 spiro atoms. The topological polar surface area (TPSA) is 90.8 Å². The van der Waals surface area contributed by atoms with E-state index >= 15 is 0 Å². The largest absolute Gasteiger partial charge is 0.379 e. The number of ether oxygens (including phenoxy) is 2. The van der Waals surface area contributed by atoms with Gasteiger partial charge in [-0.05, 0) is 82.1 Å². The van der Waals surface area contributed by atoms with Crippen LogP contribution < -0.4 is 11.5 Å². The molecule has 0 aliphatic carbocycles. The van der Waals surface area contributed by atoms with Crippen molar-refractivity contribution in [3.63, 3.8) is 0 Å². The van der Waals surface area contributed by atoms with E-state index in [9.17, 15) is 4.79 Å². The van der Waals surface area contributed by atoms with E-state index in [1.165, 1.54) is 0 Å². The van der Waals surface area contributed by atoms with Crippen LogP contribution in [0.15, 0.2) is 0 Å². The van der Waals surface area contributed by atoms with Crippen molar-refractivity contribution in [2.45, 2.75) is 116 Å². The normalized spacial score (nSPS) is 14.3. The minimum absolute atomic E-state index is 0.0313. The summed E-state index contributed by atoms with van der Waals surface area (Å²) >= 11 is 0. The third-order valence-electron chi connectivity index (χ3n) is 4.81. The van der Waals surface area contributed by atoms with Crippen molar-refractivity contribution in [3.8, 4) is 0 Å². The van der Waals surface area contributed by atoms with E-state index in [1.807, 2.05) is 60.3 Å². The summed E-state index contributed by atoms with van der Waals surface area (Å²) in [5.74, 6) is 0.0313. The van der Waals surface area contributed by atoms with Gasteiger partial charge in [-0.3, -0.25) is 4.79 Å². The monoisotopic (exact) mass is 401 g/mol. The lowest BCUT2D eigenvalue weighted by Gasteiger charge is -2.45. The molecule has 0 unspecified atom stereocenters. The highest BCUT2D eigenvalue weighted by atomic mass is 16.5. The van der Waals surface area contributed by atoms with E-state index < -0.39 is 22.2 Å². The van der Waals surface area contributed by atoms with Crippen LogP contribution in [0, 0.1) is 0 Å². The van der Waals surface area contributed by atoms with Crippen LogP contribution in [-0.2, 0) is 14.3 Å². The van der Waals surface area contributed by atoms with E-state index in [1.54, 1.807) is 7.11 Å². The molecule has 6 nitrogen and oxygen atoms in total. The van der Waals surface area contributed by atoms with Crippen molar-refractivity contribution in [2.24, 2.45) is 11.5 Å². The van der Waals surface area contributed by atoms with Gasteiger partial charge in [-0.25, -0.2) is 0 Å². The Bertz CT molecular complexity index is 500. The van der Waals surface area contributed by atoms with E-state index in [-0.39, 0.29) is 17.9 Å². The predicted molar refractivity (Wildman–Crippen MR) is 117 cm³/mol. The minimum Gasteiger partial charge on any atom is -0.379 e. The molecule has 0 saturated carbocycles. The van der Waals surface area contributed by atoms with Crippen LogP contribution in [0.3, 0.4) is 0 Å². The SMILES string of the molecule is COC(C)(C)CCOC(C)(C)CC(=O)N(CC(C)(C)N)C(C)(C)CC(C)(C)N. The zero-order valence-electron chi connectivity index (χ0n) is 20.4. The van der Waals surface area contributed by atoms with Gasteiger partial charge < -0.3 is 25.8 Å². The van der Waals surface area contributed by atoms with E-state index in [4.69, 9.17) is 20.9 Å². The first-order valence-electron chi connectivity index (χ1n) is 10.3. The summed E-state index contributed by atoms with van der Waals surface area (Å²) in [6.45, 7) is 20.9. The smallest absolute Gasteiger partial charge is 0.225 e. The minimum atomic E-state index is -0.577. The molecule has 0 aromatic carbocycles. The summed E-state index contributed by atoms with van der Waals surface area (Å²) in [4.78, 5) is 15.2. The first-order valence-corrected chi connectivity index (χ1v) is 10.3. The van der Waals surface area contributed by atoms with Gasteiger partial charge in [0.1, 0.15) is 0 Å². The fourth-order valence-corrected chi connectivity index (χ4v) is 3.44. The number of carbonyl (C=O) groups excluding carboxylic acids is 1. The van der Waals surface area contributed by atoms with Crippen LogP contribution in [0.4, 0.5) is 0 Å². The summed E-state index contributed by atoms with van der Waals surface area (Å²) in [5.41, 5.74) is 10.4. The van der Waals surface area contributed by atoms with Crippen LogP contribution in [0.5, 0.6) is 0 Å². The average Bonchev–Trinajstić information content (AvgIpc) is 2.40. The Balaban J connectivity index is 5.28. The molecule has 0 rings (SSSR count). The molecule has 1 amide bonds. The van der Waals surface area contributed by atoms with Crippen LogP contribution in [0.25, 0.3) is 0 Å². The van der Waals surface area contributed by atoms with Gasteiger partial charge in [0, 0.05) is 30.3 Å². The number of amides is 1. The molecule has 0 fully saturated rings. The van der Waals surface area contributed by atoms with Crippen molar-refractivity contribution >= 4 is 5.91 Å². The van der Waals surface area contributed by atoms with Gasteiger partial charge in [-0.1, -0.05) is 0 Å². The van der Waals surface area contributed by atoms with Crippen LogP contribution in [0.1, 0.15) is 88.5 Å². The van der Waals surface area contributed by atoms with Gasteiger partial charge in [0.2, 0.25) is 5.91 Å². The second-order valence-electron chi connectivity index (χ2n) is 11.4. The summed E-state index contributed by atoms with van der Waals surface area (Å²) in [6, 6.07) is 0. The molecule has 168 valence electrons. The van der Waals surface area contributed by atoms with Gasteiger partial charge in [0.25, 0.3) is 0 Å². The van der Waals surface area contributed by atoms with Gasteiger partial charge in [-0.15, -0.1) is 0 Å². The number of hydrogen-bond donors (Lipinski definition) is 2. The highest BCUT2D eigenvalue weighted by Crippen LogP contribution is 2.29.